The number of likely N-dealkylation sites (tertiary alicyclic amines) is 1. The van der Waals surface area contributed by atoms with Gasteiger partial charge in [-0.25, -0.2) is 37.5 Å². The predicted molar refractivity (Wildman–Crippen MR) is 171 cm³/mol. The number of aromatic nitrogens is 1. The summed E-state index contributed by atoms with van der Waals surface area (Å²) in [6.07, 6.45) is 8.63. The third-order valence-corrected chi connectivity index (χ3v) is 7.59. The van der Waals surface area contributed by atoms with Gasteiger partial charge in [0.25, 0.3) is 0 Å². The number of nitrogens with one attached hydrogen (secondary N) is 2. The van der Waals surface area contributed by atoms with E-state index in [1.807, 2.05) is 0 Å². The Morgan fingerprint density at radius 3 is 1.96 bits per heavy atom. The summed E-state index contributed by atoms with van der Waals surface area (Å²) in [4.78, 5) is 54.4. The summed E-state index contributed by atoms with van der Waals surface area (Å²) in [5, 5.41) is 3.63. The third-order valence-electron chi connectivity index (χ3n) is 7.59. The molecule has 49 heavy (non-hydrogen) atoms. The molecule has 2 fully saturated rings. The number of carbonyl (C=O) groups excluding carboxylic acids is 4. The van der Waals surface area contributed by atoms with E-state index in [9.17, 15) is 32.3 Å². The Bertz CT molecular complexity index is 1560. The van der Waals surface area contributed by atoms with Crippen molar-refractivity contribution in [2.45, 2.75) is 58.4 Å². The zero-order chi connectivity index (χ0) is 35.2. The van der Waals surface area contributed by atoms with Crippen LogP contribution >= 0.6 is 0 Å². The molecule has 2 saturated heterocycles. The summed E-state index contributed by atoms with van der Waals surface area (Å²) in [5.41, 5.74) is 6.36. The Kier molecular flexibility index (Phi) is 17.6. The number of nitrogens with zero attached hydrogens (tertiary/aromatic N) is 2. The second-order valence-corrected chi connectivity index (χ2v) is 11.2. The van der Waals surface area contributed by atoms with Crippen LogP contribution in [0.25, 0.3) is 17.0 Å². The van der Waals surface area contributed by atoms with Crippen LogP contribution in [0, 0.1) is 17.5 Å². The maximum Gasteiger partial charge on any atom is 1.00 e. The summed E-state index contributed by atoms with van der Waals surface area (Å²) in [5.74, 6) is -5.45. The molecule has 0 spiro atoms. The first-order chi connectivity index (χ1) is 22.9. The average Bonchev–Trinajstić information content (AvgIpc) is 3.50. The molecule has 16 heteroatoms. The fraction of sp³-hybridized carbons (Fsp3) is 0.394. The van der Waals surface area contributed by atoms with Crippen molar-refractivity contribution in [3.63, 3.8) is 0 Å². The van der Waals surface area contributed by atoms with Crippen LogP contribution in [-0.4, -0.2) is 79.0 Å². The number of hydrogen-bond acceptors (Lipinski definition) is 9. The summed E-state index contributed by atoms with van der Waals surface area (Å²) in [6, 6.07) is 10.5. The topological polar surface area (TPSA) is 130 Å². The fourth-order valence-electron chi connectivity index (χ4n) is 5.30. The first kappa shape index (κ1) is 41.5. The smallest absolute Gasteiger partial charge is 0.793 e. The van der Waals surface area contributed by atoms with E-state index in [2.05, 4.69) is 68.4 Å². The molecule has 3 radical (unpaired) electrons. The molecule has 2 N–H and O–H groups in total. The van der Waals surface area contributed by atoms with Crippen molar-refractivity contribution in [1.82, 2.24) is 20.3 Å². The molecule has 5 rings (SSSR count). The van der Waals surface area contributed by atoms with Gasteiger partial charge in [0.05, 0.1) is 0 Å². The minimum Gasteiger partial charge on any atom is -0.793 e. The van der Waals surface area contributed by atoms with Crippen LogP contribution < -0.4 is 35.0 Å². The number of amides is 1. The second-order valence-electron chi connectivity index (χ2n) is 11.2. The van der Waals surface area contributed by atoms with Crippen molar-refractivity contribution in [2.75, 3.05) is 26.2 Å². The van der Waals surface area contributed by atoms with E-state index in [0.29, 0.717) is 25.0 Å². The molecule has 0 atom stereocenters. The molecule has 1 amide bonds. The van der Waals surface area contributed by atoms with Gasteiger partial charge in [0.2, 0.25) is 11.9 Å². The van der Waals surface area contributed by atoms with Crippen molar-refractivity contribution in [2.24, 2.45) is 0 Å². The van der Waals surface area contributed by atoms with Gasteiger partial charge in [-0.1, -0.05) is 18.2 Å². The first-order valence-electron chi connectivity index (χ1n) is 15.3. The molecule has 11 nitrogen and oxygen atoms in total. The minimum absolute atomic E-state index is 0. The normalized spacial score (nSPS) is 15.3. The molecular formula is C33H38BF3N4NaO7. The van der Waals surface area contributed by atoms with E-state index >= 15 is 0 Å². The summed E-state index contributed by atoms with van der Waals surface area (Å²) < 4.78 is 43.4. The number of aromatic amines is 1. The van der Waals surface area contributed by atoms with Crippen molar-refractivity contribution < 1.29 is 76.3 Å². The number of hydrogen-bond donors (Lipinski definition) is 2. The molecule has 2 aliphatic rings. The third kappa shape index (κ3) is 13.7. The molecule has 2 aromatic carbocycles. The van der Waals surface area contributed by atoms with Crippen LogP contribution in [0.1, 0.15) is 63.5 Å². The molecule has 0 saturated carbocycles. The van der Waals surface area contributed by atoms with Crippen LogP contribution in [0.15, 0.2) is 48.7 Å². The molecule has 257 valence electrons. The number of halogens is 3. The number of carbonyl (C=O) groups is 4. The van der Waals surface area contributed by atoms with E-state index in [-0.39, 0.29) is 41.0 Å². The summed E-state index contributed by atoms with van der Waals surface area (Å²) >= 11 is 0. The summed E-state index contributed by atoms with van der Waals surface area (Å²) in [6.45, 7) is 6.71. The van der Waals surface area contributed by atoms with Crippen LogP contribution in [0.5, 0.6) is 0 Å². The fourth-order valence-corrected chi connectivity index (χ4v) is 5.30. The van der Waals surface area contributed by atoms with E-state index in [0.717, 1.165) is 64.8 Å². The van der Waals surface area contributed by atoms with Crippen molar-refractivity contribution in [3.05, 3.63) is 77.2 Å². The number of para-hydroxylation sites is 1. The number of fused-ring (bicyclic) bond motifs is 1. The predicted octanol–water partition coefficient (Wildman–Crippen LogP) is 1.64. The SMILES string of the molecule is CC(=O)OOC(C)=O.O=C(/C=C/c1cc(F)c(F)c(F)c1)N1CCC(NN2CCC(c3c[nH]c4ccccc34)CC2)CC1.[B-]OC(C)=O.[Na+]. The number of piperidine rings is 2. The van der Waals surface area contributed by atoms with Gasteiger partial charge in [0.15, 0.2) is 17.5 Å². The molecule has 2 aliphatic heterocycles. The van der Waals surface area contributed by atoms with E-state index in [4.69, 9.17) is 0 Å². The maximum absolute atomic E-state index is 13.4. The largest absolute Gasteiger partial charge is 1.00 e. The number of hydrazine groups is 1. The van der Waals surface area contributed by atoms with Gasteiger partial charge < -0.3 is 22.6 Å². The van der Waals surface area contributed by atoms with E-state index in [1.165, 1.54) is 35.5 Å². The number of H-pyrrole nitrogens is 1. The Balaban J connectivity index is 0.000000508. The second kappa shape index (κ2) is 20.8. The van der Waals surface area contributed by atoms with Crippen LogP contribution in [0.3, 0.4) is 0 Å². The Hall–Kier alpha value is -3.63. The van der Waals surface area contributed by atoms with Gasteiger partial charge >= 0.3 is 41.5 Å². The Morgan fingerprint density at radius 1 is 0.878 bits per heavy atom. The van der Waals surface area contributed by atoms with Gasteiger partial charge in [-0.3, -0.25) is 15.0 Å². The summed E-state index contributed by atoms with van der Waals surface area (Å²) in [7, 11) is 4.32. The zero-order valence-corrected chi connectivity index (χ0v) is 30.0. The molecule has 0 aliphatic carbocycles. The number of benzene rings is 2. The van der Waals surface area contributed by atoms with Gasteiger partial charge in [0.1, 0.15) is 0 Å². The first-order valence-corrected chi connectivity index (χ1v) is 15.3. The zero-order valence-electron chi connectivity index (χ0n) is 28.0. The molecule has 0 unspecified atom stereocenters. The standard InChI is InChI=1S/C27H29F3N4O.C4H6O4.C2H3BO2.Na/c28-23-15-18(16-24(29)27(23)30)5-6-26(35)33-11-9-20(10-12-33)32-34-13-7-19(8-14-34)22-17-31-25-4-2-1-3-21(22)25;1-3(5)7-8-4(2)6;1-2(4)5-3;/h1-6,15-17,19-20,31-32H,7-14H2;1-2H3;1H3;/q;;-1;+1/b6-5+;;;. The molecule has 3 heterocycles. The quantitative estimate of drug-likeness (QED) is 0.135. The van der Waals surface area contributed by atoms with Crippen LogP contribution in [0.2, 0.25) is 0 Å². The Labute approximate surface area is 306 Å². The molecule has 0 bridgehead atoms. The minimum atomic E-state index is -1.51. The van der Waals surface area contributed by atoms with Crippen LogP contribution in [-0.2, 0) is 33.6 Å². The van der Waals surface area contributed by atoms with Crippen LogP contribution in [0.4, 0.5) is 13.2 Å². The van der Waals surface area contributed by atoms with Gasteiger partial charge in [-0.05, 0) is 67.0 Å². The van der Waals surface area contributed by atoms with Crippen molar-refractivity contribution in [1.29, 1.82) is 0 Å². The molecule has 1 aromatic heterocycles. The van der Waals surface area contributed by atoms with Gasteiger partial charge in [-0.2, -0.15) is 0 Å². The van der Waals surface area contributed by atoms with Crippen molar-refractivity contribution in [3.8, 4) is 0 Å². The monoisotopic (exact) mass is 693 g/mol. The molecular weight excluding hydrogens is 655 g/mol. The Morgan fingerprint density at radius 2 is 1.43 bits per heavy atom. The van der Waals surface area contributed by atoms with Crippen molar-refractivity contribution >= 4 is 48.8 Å². The van der Waals surface area contributed by atoms with Gasteiger partial charge in [0, 0.05) is 76.2 Å². The molecule has 3 aromatic rings. The number of rotatable bonds is 5. The van der Waals surface area contributed by atoms with E-state index in [1.54, 1.807) is 4.90 Å². The maximum atomic E-state index is 13.4. The average molecular weight is 693 g/mol. The van der Waals surface area contributed by atoms with Gasteiger partial charge in [-0.15, -0.1) is 0 Å². The van der Waals surface area contributed by atoms with E-state index < -0.39 is 35.4 Å².